The van der Waals surface area contributed by atoms with Crippen molar-refractivity contribution in [3.63, 3.8) is 0 Å². The molecule has 3 rings (SSSR count). The lowest BCUT2D eigenvalue weighted by Crippen LogP contribution is -2.33. The van der Waals surface area contributed by atoms with Crippen LogP contribution in [0, 0.1) is 0 Å². The minimum atomic E-state index is -0.0111. The van der Waals surface area contributed by atoms with Gasteiger partial charge in [-0.05, 0) is 31.0 Å². The molecule has 0 amide bonds. The summed E-state index contributed by atoms with van der Waals surface area (Å²) in [6.07, 6.45) is 2.35. The molecule has 0 N–H and O–H groups in total. The van der Waals surface area contributed by atoms with Crippen molar-refractivity contribution >= 4 is 0 Å². The molecular weight excluding hydrogens is 294 g/mol. The van der Waals surface area contributed by atoms with Gasteiger partial charge in [0.25, 0.3) is 0 Å². The average Bonchev–Trinajstić information content (AvgIpc) is 3.14. The SMILES string of the molecule is CCO[C@@H]1CO[C@@]2(CCN(Cc3cc(OC)cc(OC)c3)C2)C1. The molecule has 0 radical (unpaired) electrons. The Hall–Kier alpha value is -1.30. The van der Waals surface area contributed by atoms with Crippen molar-refractivity contribution in [1.29, 1.82) is 0 Å². The van der Waals surface area contributed by atoms with Crippen molar-refractivity contribution in [2.45, 2.75) is 38.0 Å². The van der Waals surface area contributed by atoms with Crippen LogP contribution in [-0.2, 0) is 16.0 Å². The zero-order chi connectivity index (χ0) is 16.3. The van der Waals surface area contributed by atoms with Gasteiger partial charge < -0.3 is 18.9 Å². The van der Waals surface area contributed by atoms with Gasteiger partial charge in [0.05, 0.1) is 32.5 Å². The van der Waals surface area contributed by atoms with Crippen LogP contribution in [0.4, 0.5) is 0 Å². The summed E-state index contributed by atoms with van der Waals surface area (Å²) >= 11 is 0. The Morgan fingerprint density at radius 3 is 2.61 bits per heavy atom. The van der Waals surface area contributed by atoms with Crippen molar-refractivity contribution in [1.82, 2.24) is 4.90 Å². The molecule has 2 fully saturated rings. The van der Waals surface area contributed by atoms with Gasteiger partial charge in [-0.2, -0.15) is 0 Å². The summed E-state index contributed by atoms with van der Waals surface area (Å²) in [6, 6.07) is 6.06. The molecular formula is C18H27NO4. The molecule has 0 bridgehead atoms. The Morgan fingerprint density at radius 1 is 1.22 bits per heavy atom. The standard InChI is InChI=1S/C18H27NO4/c1-4-22-17-10-18(23-12-17)5-6-19(13-18)11-14-7-15(20-2)9-16(8-14)21-3/h7-9,17H,4-6,10-13H2,1-3H3/t17-,18-/m0/s1. The van der Waals surface area contributed by atoms with Crippen LogP contribution in [0.3, 0.4) is 0 Å². The summed E-state index contributed by atoms with van der Waals surface area (Å²) in [7, 11) is 3.37. The molecule has 1 aromatic carbocycles. The largest absolute Gasteiger partial charge is 0.497 e. The van der Waals surface area contributed by atoms with Crippen LogP contribution in [0.5, 0.6) is 11.5 Å². The summed E-state index contributed by atoms with van der Waals surface area (Å²) in [5.74, 6) is 1.67. The van der Waals surface area contributed by atoms with Gasteiger partial charge in [0.15, 0.2) is 0 Å². The Labute approximate surface area is 138 Å². The first-order valence-corrected chi connectivity index (χ1v) is 8.36. The zero-order valence-electron chi connectivity index (χ0n) is 14.3. The van der Waals surface area contributed by atoms with Crippen LogP contribution in [0.1, 0.15) is 25.3 Å². The van der Waals surface area contributed by atoms with E-state index in [0.29, 0.717) is 0 Å². The number of nitrogens with zero attached hydrogens (tertiary/aromatic N) is 1. The third-order valence-corrected chi connectivity index (χ3v) is 4.79. The van der Waals surface area contributed by atoms with Crippen molar-refractivity contribution in [2.24, 2.45) is 0 Å². The highest BCUT2D eigenvalue weighted by molar-refractivity contribution is 5.38. The van der Waals surface area contributed by atoms with E-state index in [1.807, 2.05) is 13.0 Å². The number of rotatable bonds is 6. The normalized spacial score (nSPS) is 27.7. The van der Waals surface area contributed by atoms with Crippen LogP contribution >= 0.6 is 0 Å². The third-order valence-electron chi connectivity index (χ3n) is 4.79. The molecule has 2 saturated heterocycles. The molecule has 2 aliphatic rings. The first kappa shape index (κ1) is 16.6. The maximum Gasteiger partial charge on any atom is 0.122 e. The predicted molar refractivity (Wildman–Crippen MR) is 88.2 cm³/mol. The predicted octanol–water partition coefficient (Wildman–Crippen LogP) is 2.47. The second-order valence-electron chi connectivity index (χ2n) is 6.46. The summed E-state index contributed by atoms with van der Waals surface area (Å²) in [4.78, 5) is 2.45. The summed E-state index contributed by atoms with van der Waals surface area (Å²) in [6.45, 7) is 6.45. The van der Waals surface area contributed by atoms with E-state index in [-0.39, 0.29) is 11.7 Å². The summed E-state index contributed by atoms with van der Waals surface area (Å²) in [5, 5.41) is 0. The molecule has 0 unspecified atom stereocenters. The Kier molecular flexibility index (Phi) is 5.09. The Balaban J connectivity index is 1.62. The third kappa shape index (κ3) is 3.79. The number of benzene rings is 1. The first-order valence-electron chi connectivity index (χ1n) is 8.36. The molecule has 1 aromatic rings. The van der Waals surface area contributed by atoms with E-state index in [4.69, 9.17) is 18.9 Å². The minimum absolute atomic E-state index is 0.0111. The van der Waals surface area contributed by atoms with Crippen LogP contribution in [0.15, 0.2) is 18.2 Å². The molecule has 2 heterocycles. The molecule has 5 nitrogen and oxygen atoms in total. The highest BCUT2D eigenvalue weighted by atomic mass is 16.6. The van der Waals surface area contributed by atoms with Crippen molar-refractivity contribution in [3.05, 3.63) is 23.8 Å². The number of hydrogen-bond acceptors (Lipinski definition) is 5. The fourth-order valence-electron chi connectivity index (χ4n) is 3.71. The van der Waals surface area contributed by atoms with Crippen LogP contribution in [0.2, 0.25) is 0 Å². The molecule has 0 saturated carbocycles. The maximum atomic E-state index is 6.11. The summed E-state index contributed by atoms with van der Waals surface area (Å²) < 4.78 is 22.5. The van der Waals surface area contributed by atoms with Gasteiger partial charge in [-0.25, -0.2) is 0 Å². The van der Waals surface area contributed by atoms with Crippen molar-refractivity contribution < 1.29 is 18.9 Å². The summed E-state index contributed by atoms with van der Waals surface area (Å²) in [5.41, 5.74) is 1.19. The van der Waals surface area contributed by atoms with Crippen LogP contribution in [-0.4, -0.2) is 57.1 Å². The van der Waals surface area contributed by atoms with Gasteiger partial charge in [0, 0.05) is 38.7 Å². The molecule has 0 aliphatic carbocycles. The van der Waals surface area contributed by atoms with E-state index in [2.05, 4.69) is 17.0 Å². The Morgan fingerprint density at radius 2 is 1.96 bits per heavy atom. The lowest BCUT2D eigenvalue weighted by molar-refractivity contribution is 0.00318. The van der Waals surface area contributed by atoms with Crippen molar-refractivity contribution in [3.8, 4) is 11.5 Å². The van der Waals surface area contributed by atoms with E-state index >= 15 is 0 Å². The molecule has 23 heavy (non-hydrogen) atoms. The van der Waals surface area contributed by atoms with Crippen LogP contribution in [0.25, 0.3) is 0 Å². The number of ether oxygens (including phenoxy) is 4. The van der Waals surface area contributed by atoms with Gasteiger partial charge in [0.2, 0.25) is 0 Å². The van der Waals surface area contributed by atoms with Crippen molar-refractivity contribution in [2.75, 3.05) is 40.5 Å². The molecule has 1 spiro atoms. The van der Waals surface area contributed by atoms with E-state index in [1.165, 1.54) is 5.56 Å². The highest BCUT2D eigenvalue weighted by Crippen LogP contribution is 2.37. The first-order chi connectivity index (χ1) is 11.2. The maximum absolute atomic E-state index is 6.11. The molecule has 5 heteroatoms. The molecule has 128 valence electrons. The van der Waals surface area contributed by atoms with Gasteiger partial charge in [0.1, 0.15) is 11.5 Å². The van der Waals surface area contributed by atoms with E-state index in [0.717, 1.165) is 57.2 Å². The lowest BCUT2D eigenvalue weighted by atomic mass is 9.98. The highest BCUT2D eigenvalue weighted by Gasteiger charge is 2.45. The van der Waals surface area contributed by atoms with E-state index < -0.39 is 0 Å². The molecule has 2 atom stereocenters. The number of methoxy groups -OCH3 is 2. The number of likely N-dealkylation sites (tertiary alicyclic amines) is 1. The Bertz CT molecular complexity index is 514. The van der Waals surface area contributed by atoms with Gasteiger partial charge in [-0.3, -0.25) is 4.90 Å². The van der Waals surface area contributed by atoms with Gasteiger partial charge in [-0.1, -0.05) is 0 Å². The monoisotopic (exact) mass is 321 g/mol. The number of hydrogen-bond donors (Lipinski definition) is 0. The zero-order valence-corrected chi connectivity index (χ0v) is 14.3. The average molecular weight is 321 g/mol. The fourth-order valence-corrected chi connectivity index (χ4v) is 3.71. The second-order valence-corrected chi connectivity index (χ2v) is 6.46. The second kappa shape index (κ2) is 7.07. The topological polar surface area (TPSA) is 40.2 Å². The lowest BCUT2D eigenvalue weighted by Gasteiger charge is -2.23. The van der Waals surface area contributed by atoms with Gasteiger partial charge >= 0.3 is 0 Å². The van der Waals surface area contributed by atoms with E-state index in [9.17, 15) is 0 Å². The molecule has 0 aromatic heterocycles. The van der Waals surface area contributed by atoms with Crippen LogP contribution < -0.4 is 9.47 Å². The smallest absolute Gasteiger partial charge is 0.122 e. The molecule has 2 aliphatic heterocycles. The fraction of sp³-hybridized carbons (Fsp3) is 0.667. The van der Waals surface area contributed by atoms with E-state index in [1.54, 1.807) is 14.2 Å². The van der Waals surface area contributed by atoms with Gasteiger partial charge in [-0.15, -0.1) is 0 Å². The minimum Gasteiger partial charge on any atom is -0.497 e. The quantitative estimate of drug-likeness (QED) is 0.805.